The van der Waals surface area contributed by atoms with Gasteiger partial charge in [-0.05, 0) is 48.9 Å². The summed E-state index contributed by atoms with van der Waals surface area (Å²) in [6, 6.07) is 14.2. The monoisotopic (exact) mass is 369 g/mol. The van der Waals surface area contributed by atoms with E-state index in [4.69, 9.17) is 21.1 Å². The van der Waals surface area contributed by atoms with E-state index in [2.05, 4.69) is 16.7 Å². The van der Waals surface area contributed by atoms with E-state index < -0.39 is 0 Å². The van der Waals surface area contributed by atoms with Crippen molar-refractivity contribution in [1.82, 2.24) is 4.57 Å². The molecule has 0 saturated carbocycles. The summed E-state index contributed by atoms with van der Waals surface area (Å²) in [5, 5.41) is 1.98. The molecule has 0 atom stereocenters. The molecule has 0 N–H and O–H groups in total. The average molecular weight is 370 g/mol. The van der Waals surface area contributed by atoms with Crippen molar-refractivity contribution < 1.29 is 9.47 Å². The van der Waals surface area contributed by atoms with Gasteiger partial charge in [-0.1, -0.05) is 41.9 Å². The highest BCUT2D eigenvalue weighted by molar-refractivity contribution is 6.35. The maximum Gasteiger partial charge on any atom is 0.128 e. The largest absolute Gasteiger partial charge is 0.496 e. The van der Waals surface area contributed by atoms with Crippen molar-refractivity contribution in [2.24, 2.45) is 0 Å². The second-order valence-electron chi connectivity index (χ2n) is 6.80. The van der Waals surface area contributed by atoms with Crippen LogP contribution in [0.2, 0.25) is 5.02 Å². The fraction of sp³-hybridized carbons (Fsp3) is 0.364. The van der Waals surface area contributed by atoms with Crippen molar-refractivity contribution in [3.8, 4) is 5.75 Å². The summed E-state index contributed by atoms with van der Waals surface area (Å²) in [6.07, 6.45) is 4.66. The number of halogens is 1. The molecule has 26 heavy (non-hydrogen) atoms. The minimum atomic E-state index is 0.638. The number of hydrogen-bond donors (Lipinski definition) is 0. The molecular weight excluding hydrogens is 346 g/mol. The van der Waals surface area contributed by atoms with E-state index in [9.17, 15) is 0 Å². The highest BCUT2D eigenvalue weighted by Gasteiger charge is 2.24. The maximum atomic E-state index is 6.60. The first kappa shape index (κ1) is 17.4. The van der Waals surface area contributed by atoms with E-state index in [0.29, 0.717) is 13.2 Å². The van der Waals surface area contributed by atoms with E-state index in [1.807, 2.05) is 30.3 Å². The van der Waals surface area contributed by atoms with Crippen LogP contribution in [-0.4, -0.2) is 18.3 Å². The lowest BCUT2D eigenvalue weighted by atomic mass is 9.95. The van der Waals surface area contributed by atoms with E-state index >= 15 is 0 Å². The molecule has 0 spiro atoms. The number of hydrogen-bond acceptors (Lipinski definition) is 2. The fourth-order valence-corrected chi connectivity index (χ4v) is 4.29. The third-order valence-electron chi connectivity index (χ3n) is 5.22. The van der Waals surface area contributed by atoms with Gasteiger partial charge in [0.1, 0.15) is 5.75 Å². The van der Waals surface area contributed by atoms with E-state index in [0.717, 1.165) is 35.7 Å². The zero-order chi connectivity index (χ0) is 17.9. The number of nitrogens with zero attached hydrogens (tertiary/aromatic N) is 1. The van der Waals surface area contributed by atoms with Crippen LogP contribution in [0.1, 0.15) is 29.7 Å². The minimum Gasteiger partial charge on any atom is -0.496 e. The smallest absolute Gasteiger partial charge is 0.128 e. The summed E-state index contributed by atoms with van der Waals surface area (Å²) >= 11 is 6.60. The van der Waals surface area contributed by atoms with Crippen LogP contribution in [0.15, 0.2) is 42.5 Å². The molecule has 3 aromatic rings. The van der Waals surface area contributed by atoms with Gasteiger partial charge in [0.05, 0.1) is 30.9 Å². The normalized spacial score (nSPS) is 13.8. The Bertz CT molecular complexity index is 902. The van der Waals surface area contributed by atoms with Crippen molar-refractivity contribution in [3.05, 3.63) is 64.3 Å². The first-order valence-electron chi connectivity index (χ1n) is 9.27. The molecule has 136 valence electrons. The summed E-state index contributed by atoms with van der Waals surface area (Å²) in [5.41, 5.74) is 5.11. The SMILES string of the molecule is COc1ccc(Cl)c2c1c1c(n2CCOCc2ccccc2)CCCC1. The molecule has 2 aromatic carbocycles. The van der Waals surface area contributed by atoms with E-state index in [-0.39, 0.29) is 0 Å². The molecule has 1 aliphatic rings. The van der Waals surface area contributed by atoms with Crippen molar-refractivity contribution in [1.29, 1.82) is 0 Å². The van der Waals surface area contributed by atoms with Gasteiger partial charge in [-0.25, -0.2) is 0 Å². The van der Waals surface area contributed by atoms with Crippen LogP contribution >= 0.6 is 11.6 Å². The maximum absolute atomic E-state index is 6.60. The predicted octanol–water partition coefficient (Wildman–Crippen LogP) is 5.40. The standard InChI is InChI=1S/C22H24ClNO2/c1-25-20-12-11-18(23)22-21(20)17-9-5-6-10-19(17)24(22)13-14-26-15-16-7-3-2-4-8-16/h2-4,7-8,11-12H,5-6,9-10,13-15H2,1H3. The molecule has 4 rings (SSSR count). The lowest BCUT2D eigenvalue weighted by Crippen LogP contribution is -2.12. The van der Waals surface area contributed by atoms with Crippen molar-refractivity contribution >= 4 is 22.5 Å². The van der Waals surface area contributed by atoms with E-state index in [1.165, 1.54) is 35.0 Å². The third-order valence-corrected chi connectivity index (χ3v) is 5.52. The van der Waals surface area contributed by atoms with Crippen LogP contribution in [0.5, 0.6) is 5.75 Å². The van der Waals surface area contributed by atoms with Crippen LogP contribution in [0.25, 0.3) is 10.9 Å². The Morgan fingerprint density at radius 1 is 1.04 bits per heavy atom. The Hall–Kier alpha value is -1.97. The Morgan fingerprint density at radius 3 is 2.65 bits per heavy atom. The predicted molar refractivity (Wildman–Crippen MR) is 106 cm³/mol. The quantitative estimate of drug-likeness (QED) is 0.543. The minimum absolute atomic E-state index is 0.638. The second-order valence-corrected chi connectivity index (χ2v) is 7.20. The third kappa shape index (κ3) is 3.22. The molecule has 0 aliphatic heterocycles. The van der Waals surface area contributed by atoms with Gasteiger partial charge in [-0.3, -0.25) is 0 Å². The summed E-state index contributed by atoms with van der Waals surface area (Å²) < 4.78 is 13.9. The molecule has 1 heterocycles. The Labute approximate surface area is 159 Å². The van der Waals surface area contributed by atoms with Crippen LogP contribution < -0.4 is 4.74 Å². The van der Waals surface area contributed by atoms with Gasteiger partial charge in [-0.2, -0.15) is 0 Å². The number of aromatic nitrogens is 1. The van der Waals surface area contributed by atoms with Gasteiger partial charge in [0.2, 0.25) is 0 Å². The van der Waals surface area contributed by atoms with Crippen LogP contribution in [0.4, 0.5) is 0 Å². The molecule has 1 aliphatic carbocycles. The molecule has 0 amide bonds. The Kier molecular flexibility index (Phi) is 5.18. The lowest BCUT2D eigenvalue weighted by Gasteiger charge is -2.16. The van der Waals surface area contributed by atoms with Crippen LogP contribution in [-0.2, 0) is 30.7 Å². The summed E-state index contributed by atoms with van der Waals surface area (Å²) in [4.78, 5) is 0. The number of methoxy groups -OCH3 is 1. The Morgan fingerprint density at radius 2 is 1.85 bits per heavy atom. The number of aryl methyl sites for hydroxylation is 1. The molecule has 4 heteroatoms. The van der Waals surface area contributed by atoms with Crippen molar-refractivity contribution in [2.45, 2.75) is 38.8 Å². The topological polar surface area (TPSA) is 23.4 Å². The molecule has 0 fully saturated rings. The molecule has 0 unspecified atom stereocenters. The molecule has 0 radical (unpaired) electrons. The van der Waals surface area contributed by atoms with Gasteiger partial charge in [0, 0.05) is 17.6 Å². The van der Waals surface area contributed by atoms with Gasteiger partial charge >= 0.3 is 0 Å². The number of benzene rings is 2. The number of fused-ring (bicyclic) bond motifs is 3. The highest BCUT2D eigenvalue weighted by Crippen LogP contribution is 2.40. The van der Waals surface area contributed by atoms with Crippen LogP contribution in [0, 0.1) is 0 Å². The highest BCUT2D eigenvalue weighted by atomic mass is 35.5. The molecular formula is C22H24ClNO2. The summed E-state index contributed by atoms with van der Waals surface area (Å²) in [7, 11) is 1.73. The van der Waals surface area contributed by atoms with Gasteiger partial charge in [0.15, 0.2) is 0 Å². The lowest BCUT2D eigenvalue weighted by molar-refractivity contribution is 0.113. The van der Waals surface area contributed by atoms with Crippen molar-refractivity contribution in [2.75, 3.05) is 13.7 Å². The van der Waals surface area contributed by atoms with Gasteiger partial charge < -0.3 is 14.0 Å². The Balaban J connectivity index is 1.62. The van der Waals surface area contributed by atoms with Gasteiger partial charge in [0.25, 0.3) is 0 Å². The van der Waals surface area contributed by atoms with Gasteiger partial charge in [-0.15, -0.1) is 0 Å². The first-order chi connectivity index (χ1) is 12.8. The van der Waals surface area contributed by atoms with E-state index in [1.54, 1.807) is 7.11 Å². The number of rotatable bonds is 6. The molecule has 0 bridgehead atoms. The summed E-state index contributed by atoms with van der Waals surface area (Å²) in [6.45, 7) is 2.11. The summed E-state index contributed by atoms with van der Waals surface area (Å²) in [5.74, 6) is 0.923. The zero-order valence-corrected chi connectivity index (χ0v) is 15.9. The first-order valence-corrected chi connectivity index (χ1v) is 9.65. The second kappa shape index (κ2) is 7.73. The average Bonchev–Trinajstić information content (AvgIpc) is 3.02. The molecule has 3 nitrogen and oxygen atoms in total. The fourth-order valence-electron chi connectivity index (χ4n) is 4.03. The zero-order valence-electron chi connectivity index (χ0n) is 15.1. The molecule has 1 aromatic heterocycles. The molecule has 0 saturated heterocycles. The van der Waals surface area contributed by atoms with Crippen molar-refractivity contribution in [3.63, 3.8) is 0 Å². The van der Waals surface area contributed by atoms with Crippen LogP contribution in [0.3, 0.4) is 0 Å². The number of ether oxygens (including phenoxy) is 2.